The molecule has 230 valence electrons. The Morgan fingerprint density at radius 3 is 2.10 bits per heavy atom. The zero-order valence-corrected chi connectivity index (χ0v) is 24.2. The van der Waals surface area contributed by atoms with Crippen LogP contribution >= 0.6 is 0 Å². The zero-order valence-electron chi connectivity index (χ0n) is 24.2. The summed E-state index contributed by atoms with van der Waals surface area (Å²) in [5.41, 5.74) is -0.233. The van der Waals surface area contributed by atoms with Gasteiger partial charge in [-0.3, -0.25) is 24.0 Å². The van der Waals surface area contributed by atoms with Gasteiger partial charge in [-0.15, -0.1) is 0 Å². The first-order valence-corrected chi connectivity index (χ1v) is 13.4. The Bertz CT molecular complexity index is 1240. The third kappa shape index (κ3) is 7.55. The lowest BCUT2D eigenvalue weighted by Crippen LogP contribution is -2.60. The summed E-state index contributed by atoms with van der Waals surface area (Å²) in [6, 6.07) is 1.20. The normalized spacial score (nSPS) is 22.4. The second-order valence-corrected chi connectivity index (χ2v) is 9.64. The average molecular weight is 595 g/mol. The SMILES string of the molecule is CCCCCC(=O)Oc1cc2c(c(OC(C)=O)c1OC)[C@@H]1O[C@H](COC(C)=O)[C@@H](OC(C)=O)[C@H](OC(C)=O)[C@H]1OC2=O. The molecule has 2 aliphatic rings. The van der Waals surface area contributed by atoms with Crippen LogP contribution in [-0.4, -0.2) is 73.9 Å². The van der Waals surface area contributed by atoms with Gasteiger partial charge in [-0.25, -0.2) is 4.79 Å². The first-order valence-electron chi connectivity index (χ1n) is 13.4. The van der Waals surface area contributed by atoms with Crippen LogP contribution in [0.1, 0.15) is 82.3 Å². The van der Waals surface area contributed by atoms with E-state index in [9.17, 15) is 28.8 Å². The minimum absolute atomic E-state index is 0.0414. The topological polar surface area (TPSA) is 176 Å². The fraction of sp³-hybridized carbons (Fsp3) is 0.571. The maximum atomic E-state index is 13.4. The molecule has 0 radical (unpaired) electrons. The van der Waals surface area contributed by atoms with Crippen LogP contribution in [0.5, 0.6) is 17.2 Å². The van der Waals surface area contributed by atoms with Gasteiger partial charge in [0.15, 0.2) is 29.8 Å². The van der Waals surface area contributed by atoms with Crippen LogP contribution in [0.4, 0.5) is 0 Å². The molecule has 0 saturated carbocycles. The van der Waals surface area contributed by atoms with Crippen molar-refractivity contribution in [3.63, 3.8) is 0 Å². The van der Waals surface area contributed by atoms with Crippen LogP contribution in [0.2, 0.25) is 0 Å². The molecule has 0 N–H and O–H groups in total. The highest BCUT2D eigenvalue weighted by molar-refractivity contribution is 5.96. The number of hydrogen-bond donors (Lipinski definition) is 0. The standard InChI is InChI=1S/C28H34O14/c1-7-8-9-10-20(33)40-18-11-17-21(24(22(18)35-6)38-15(4)31)25-27(42-28(17)34)26(39-16(5)32)23(37-14(3)30)19(41-25)12-36-13(2)29/h11,19,23,25-27H,7-10,12H2,1-6H3/t19-,23-,25+,26+,27+/m1/s1. The molecule has 1 saturated heterocycles. The van der Waals surface area contributed by atoms with Crippen molar-refractivity contribution in [2.45, 2.75) is 90.8 Å². The molecule has 3 rings (SSSR count). The summed E-state index contributed by atoms with van der Waals surface area (Å²) in [6.07, 6.45) is -4.38. The quantitative estimate of drug-likeness (QED) is 0.158. The van der Waals surface area contributed by atoms with Crippen molar-refractivity contribution < 1.29 is 66.7 Å². The summed E-state index contributed by atoms with van der Waals surface area (Å²) in [5.74, 6) is -5.31. The molecular formula is C28H34O14. The highest BCUT2D eigenvalue weighted by atomic mass is 16.7. The molecule has 2 aliphatic heterocycles. The fourth-order valence-electron chi connectivity index (χ4n) is 4.75. The molecule has 1 fully saturated rings. The van der Waals surface area contributed by atoms with Crippen molar-refractivity contribution in [3.05, 3.63) is 17.2 Å². The minimum Gasteiger partial charge on any atom is -0.490 e. The lowest BCUT2D eigenvalue weighted by Gasteiger charge is -2.46. The first kappa shape index (κ1) is 32.3. The molecule has 2 heterocycles. The number of ether oxygens (including phenoxy) is 8. The van der Waals surface area contributed by atoms with Gasteiger partial charge < -0.3 is 37.9 Å². The van der Waals surface area contributed by atoms with Crippen LogP contribution < -0.4 is 14.2 Å². The van der Waals surface area contributed by atoms with E-state index in [0.717, 1.165) is 40.5 Å². The molecule has 1 aromatic carbocycles. The van der Waals surface area contributed by atoms with E-state index >= 15 is 0 Å². The van der Waals surface area contributed by atoms with Gasteiger partial charge in [-0.2, -0.15) is 0 Å². The third-order valence-corrected chi connectivity index (χ3v) is 6.33. The first-order chi connectivity index (χ1) is 19.9. The Kier molecular flexibility index (Phi) is 10.9. The Labute approximate surface area is 241 Å². The van der Waals surface area contributed by atoms with E-state index in [1.54, 1.807) is 0 Å². The summed E-state index contributed by atoms with van der Waals surface area (Å²) in [7, 11) is 1.24. The van der Waals surface area contributed by atoms with Crippen molar-refractivity contribution in [2.75, 3.05) is 13.7 Å². The van der Waals surface area contributed by atoms with Gasteiger partial charge in [0, 0.05) is 39.7 Å². The summed E-state index contributed by atoms with van der Waals surface area (Å²) >= 11 is 0. The number of methoxy groups -OCH3 is 1. The van der Waals surface area contributed by atoms with E-state index in [0.29, 0.717) is 6.42 Å². The lowest BCUT2D eigenvalue weighted by atomic mass is 9.85. The Morgan fingerprint density at radius 1 is 0.857 bits per heavy atom. The van der Waals surface area contributed by atoms with Crippen molar-refractivity contribution in [1.29, 1.82) is 0 Å². The summed E-state index contributed by atoms with van der Waals surface area (Å²) < 4.78 is 44.2. The van der Waals surface area contributed by atoms with E-state index in [1.807, 2.05) is 6.92 Å². The second kappa shape index (κ2) is 14.1. The highest BCUT2D eigenvalue weighted by Crippen LogP contribution is 2.51. The predicted octanol–water partition coefficient (Wildman–Crippen LogP) is 2.51. The number of hydrogen-bond acceptors (Lipinski definition) is 14. The zero-order chi connectivity index (χ0) is 31.1. The Morgan fingerprint density at radius 2 is 1.52 bits per heavy atom. The molecule has 0 amide bonds. The summed E-state index contributed by atoms with van der Waals surface area (Å²) in [4.78, 5) is 73.8. The van der Waals surface area contributed by atoms with Crippen LogP contribution in [-0.2, 0) is 47.7 Å². The van der Waals surface area contributed by atoms with Gasteiger partial charge in [-0.1, -0.05) is 19.8 Å². The molecular weight excluding hydrogens is 560 g/mol. The molecule has 14 nitrogen and oxygen atoms in total. The van der Waals surface area contributed by atoms with E-state index in [2.05, 4.69) is 0 Å². The van der Waals surface area contributed by atoms with Crippen LogP contribution in [0, 0.1) is 0 Å². The number of carbonyl (C=O) groups excluding carboxylic acids is 6. The smallest absolute Gasteiger partial charge is 0.339 e. The number of fused-ring (bicyclic) bond motifs is 3. The monoisotopic (exact) mass is 594 g/mol. The number of unbranched alkanes of at least 4 members (excludes halogenated alkanes) is 2. The minimum atomic E-state index is -1.42. The predicted molar refractivity (Wildman–Crippen MR) is 139 cm³/mol. The summed E-state index contributed by atoms with van der Waals surface area (Å²) in [6.45, 7) is 6.01. The number of rotatable bonds is 11. The maximum absolute atomic E-state index is 13.4. The van der Waals surface area contributed by atoms with Crippen molar-refractivity contribution in [1.82, 2.24) is 0 Å². The van der Waals surface area contributed by atoms with Crippen LogP contribution in [0.15, 0.2) is 6.07 Å². The van der Waals surface area contributed by atoms with Crippen molar-refractivity contribution in [3.8, 4) is 17.2 Å². The molecule has 0 spiro atoms. The van der Waals surface area contributed by atoms with Crippen molar-refractivity contribution >= 4 is 35.8 Å². The van der Waals surface area contributed by atoms with Crippen LogP contribution in [0.3, 0.4) is 0 Å². The van der Waals surface area contributed by atoms with Crippen LogP contribution in [0.25, 0.3) is 0 Å². The fourth-order valence-corrected chi connectivity index (χ4v) is 4.75. The molecule has 1 aromatic rings. The number of esters is 6. The number of benzene rings is 1. The van der Waals surface area contributed by atoms with E-state index in [1.165, 1.54) is 13.2 Å². The number of carbonyl (C=O) groups is 6. The third-order valence-electron chi connectivity index (χ3n) is 6.33. The second-order valence-electron chi connectivity index (χ2n) is 9.64. The van der Waals surface area contributed by atoms with Gasteiger partial charge >= 0.3 is 35.8 Å². The van der Waals surface area contributed by atoms with E-state index in [-0.39, 0.29) is 34.8 Å². The summed E-state index contributed by atoms with van der Waals surface area (Å²) in [5, 5.41) is 0. The molecule has 42 heavy (non-hydrogen) atoms. The molecule has 0 aromatic heterocycles. The largest absolute Gasteiger partial charge is 0.490 e. The van der Waals surface area contributed by atoms with Gasteiger partial charge in [0.2, 0.25) is 5.75 Å². The van der Waals surface area contributed by atoms with E-state index in [4.69, 9.17) is 37.9 Å². The maximum Gasteiger partial charge on any atom is 0.339 e. The molecule has 14 heteroatoms. The molecule has 5 atom stereocenters. The molecule has 0 bridgehead atoms. The van der Waals surface area contributed by atoms with Gasteiger partial charge in [0.1, 0.15) is 18.8 Å². The average Bonchev–Trinajstić information content (AvgIpc) is 2.89. The van der Waals surface area contributed by atoms with Gasteiger partial charge in [0.05, 0.1) is 12.7 Å². The van der Waals surface area contributed by atoms with Gasteiger partial charge in [-0.05, 0) is 12.5 Å². The van der Waals surface area contributed by atoms with Gasteiger partial charge in [0.25, 0.3) is 0 Å². The Balaban J connectivity index is 2.19. The molecule has 0 unspecified atom stereocenters. The van der Waals surface area contributed by atoms with Crippen molar-refractivity contribution in [2.24, 2.45) is 0 Å². The Hall–Kier alpha value is -4.20. The molecule has 0 aliphatic carbocycles. The highest BCUT2D eigenvalue weighted by Gasteiger charge is 2.56. The lowest BCUT2D eigenvalue weighted by molar-refractivity contribution is -0.251. The van der Waals surface area contributed by atoms with E-state index < -0.39 is 72.9 Å².